The lowest BCUT2D eigenvalue weighted by Crippen LogP contribution is -2.44. The molecule has 1 aliphatic heterocycles. The standard InChI is InChI=1S/C23H28N6O3/c1-27-7-9-29(10-8-27)14-5-6-16-17(11-14)25-23(24-16)15-12-18(31-3)21-20(22(15)32-4)26-19(13-30)28(21)2/h5-6,11-12,30H,7-10,13H2,1-4H3,(H,24,25). The first-order valence-corrected chi connectivity index (χ1v) is 10.7. The molecule has 1 aliphatic rings. The molecule has 168 valence electrons. The molecule has 1 saturated heterocycles. The van der Waals surface area contributed by atoms with Crippen LogP contribution in [0.1, 0.15) is 5.82 Å². The number of methoxy groups -OCH3 is 2. The van der Waals surface area contributed by atoms with E-state index in [1.54, 1.807) is 14.2 Å². The monoisotopic (exact) mass is 436 g/mol. The van der Waals surface area contributed by atoms with Crippen molar-refractivity contribution in [1.29, 1.82) is 0 Å². The van der Waals surface area contributed by atoms with Crippen molar-refractivity contribution in [3.63, 3.8) is 0 Å². The van der Waals surface area contributed by atoms with Crippen molar-refractivity contribution in [3.8, 4) is 22.9 Å². The minimum Gasteiger partial charge on any atom is -0.494 e. The fourth-order valence-electron chi connectivity index (χ4n) is 4.44. The highest BCUT2D eigenvalue weighted by molar-refractivity contribution is 5.96. The number of benzene rings is 2. The number of ether oxygens (including phenoxy) is 2. The molecule has 9 heteroatoms. The van der Waals surface area contributed by atoms with Gasteiger partial charge in [0.1, 0.15) is 35.0 Å². The van der Waals surface area contributed by atoms with Crippen molar-refractivity contribution >= 4 is 27.8 Å². The van der Waals surface area contributed by atoms with Crippen LogP contribution in [-0.2, 0) is 13.7 Å². The zero-order valence-corrected chi connectivity index (χ0v) is 18.8. The maximum Gasteiger partial charge on any atom is 0.157 e. The number of imidazole rings is 2. The van der Waals surface area contributed by atoms with Gasteiger partial charge in [-0.1, -0.05) is 0 Å². The van der Waals surface area contributed by atoms with Crippen molar-refractivity contribution in [1.82, 2.24) is 24.4 Å². The fourth-order valence-corrected chi connectivity index (χ4v) is 4.44. The third-order valence-electron chi connectivity index (χ3n) is 6.31. The summed E-state index contributed by atoms with van der Waals surface area (Å²) in [5.41, 5.74) is 5.21. The summed E-state index contributed by atoms with van der Waals surface area (Å²) < 4.78 is 13.2. The minimum atomic E-state index is -0.174. The lowest BCUT2D eigenvalue weighted by atomic mass is 10.1. The molecule has 0 radical (unpaired) electrons. The van der Waals surface area contributed by atoms with Gasteiger partial charge in [0.25, 0.3) is 0 Å². The number of piperazine rings is 1. The lowest BCUT2D eigenvalue weighted by molar-refractivity contribution is 0.268. The number of aryl methyl sites for hydroxylation is 1. The number of likely N-dealkylation sites (N-methyl/N-ethyl adjacent to an activating group) is 1. The van der Waals surface area contributed by atoms with E-state index in [1.165, 1.54) is 5.69 Å². The summed E-state index contributed by atoms with van der Waals surface area (Å²) in [6.45, 7) is 3.97. The van der Waals surface area contributed by atoms with Crippen LogP contribution in [0.25, 0.3) is 33.5 Å². The van der Waals surface area contributed by atoms with Gasteiger partial charge < -0.3 is 33.9 Å². The van der Waals surface area contributed by atoms with Gasteiger partial charge in [0.2, 0.25) is 0 Å². The molecule has 0 unspecified atom stereocenters. The van der Waals surface area contributed by atoms with Crippen molar-refractivity contribution in [2.24, 2.45) is 7.05 Å². The first-order chi connectivity index (χ1) is 15.5. The summed E-state index contributed by atoms with van der Waals surface area (Å²) in [5.74, 6) is 2.46. The summed E-state index contributed by atoms with van der Waals surface area (Å²) in [6, 6.07) is 8.24. The number of aromatic amines is 1. The van der Waals surface area contributed by atoms with E-state index < -0.39 is 0 Å². The molecule has 0 spiro atoms. The predicted molar refractivity (Wildman–Crippen MR) is 125 cm³/mol. The van der Waals surface area contributed by atoms with E-state index in [1.807, 2.05) is 17.7 Å². The van der Waals surface area contributed by atoms with E-state index in [4.69, 9.17) is 14.5 Å². The number of hydrogen-bond donors (Lipinski definition) is 2. The number of fused-ring (bicyclic) bond motifs is 2. The number of nitrogens with zero attached hydrogens (tertiary/aromatic N) is 5. The van der Waals surface area contributed by atoms with Crippen LogP contribution in [0.2, 0.25) is 0 Å². The average Bonchev–Trinajstić information content (AvgIpc) is 3.39. The molecule has 0 aliphatic carbocycles. The van der Waals surface area contributed by atoms with Gasteiger partial charge in [0.15, 0.2) is 5.75 Å². The molecule has 2 N–H and O–H groups in total. The van der Waals surface area contributed by atoms with E-state index in [2.05, 4.69) is 45.0 Å². The molecule has 4 aromatic rings. The normalized spacial score (nSPS) is 15.1. The zero-order chi connectivity index (χ0) is 22.4. The van der Waals surface area contributed by atoms with Crippen LogP contribution in [0.4, 0.5) is 5.69 Å². The quantitative estimate of drug-likeness (QED) is 0.496. The molecule has 0 bridgehead atoms. The highest BCUT2D eigenvalue weighted by Gasteiger charge is 2.23. The predicted octanol–water partition coefficient (Wildman–Crippen LogP) is 2.38. The Bertz CT molecular complexity index is 1290. The number of aliphatic hydroxyl groups is 1. The molecule has 2 aromatic carbocycles. The minimum absolute atomic E-state index is 0.174. The molecule has 3 heterocycles. The zero-order valence-electron chi connectivity index (χ0n) is 18.8. The van der Waals surface area contributed by atoms with E-state index in [0.717, 1.165) is 48.3 Å². The molecule has 0 saturated carbocycles. The van der Waals surface area contributed by atoms with Crippen LogP contribution in [0, 0.1) is 0 Å². The van der Waals surface area contributed by atoms with E-state index in [9.17, 15) is 5.11 Å². The third-order valence-corrected chi connectivity index (χ3v) is 6.31. The van der Waals surface area contributed by atoms with E-state index in [-0.39, 0.29) is 6.61 Å². The Hall–Kier alpha value is -3.30. The Kier molecular flexibility index (Phi) is 5.15. The summed E-state index contributed by atoms with van der Waals surface area (Å²) >= 11 is 0. The molecule has 0 amide bonds. The second-order valence-electron chi connectivity index (χ2n) is 8.18. The summed E-state index contributed by atoms with van der Waals surface area (Å²) in [6.07, 6.45) is 0. The number of nitrogens with one attached hydrogen (secondary N) is 1. The van der Waals surface area contributed by atoms with Crippen molar-refractivity contribution in [2.45, 2.75) is 6.61 Å². The van der Waals surface area contributed by atoms with Crippen molar-refractivity contribution < 1.29 is 14.6 Å². The van der Waals surface area contributed by atoms with Gasteiger partial charge in [-0.05, 0) is 31.3 Å². The fraction of sp³-hybridized carbons (Fsp3) is 0.391. The molecular formula is C23H28N6O3. The van der Waals surface area contributed by atoms with Gasteiger partial charge in [-0.3, -0.25) is 0 Å². The topological polar surface area (TPSA) is 91.7 Å². The lowest BCUT2D eigenvalue weighted by Gasteiger charge is -2.34. The van der Waals surface area contributed by atoms with Gasteiger partial charge in [-0.25, -0.2) is 9.97 Å². The largest absolute Gasteiger partial charge is 0.494 e. The smallest absolute Gasteiger partial charge is 0.157 e. The Morgan fingerprint density at radius 1 is 1.03 bits per heavy atom. The van der Waals surface area contributed by atoms with Gasteiger partial charge in [-0.2, -0.15) is 0 Å². The number of aromatic nitrogens is 4. The number of rotatable bonds is 5. The average molecular weight is 437 g/mol. The first-order valence-electron chi connectivity index (χ1n) is 10.7. The second kappa shape index (κ2) is 7.99. The molecule has 0 atom stereocenters. The molecule has 9 nitrogen and oxygen atoms in total. The number of aliphatic hydroxyl groups excluding tert-OH is 1. The third kappa shape index (κ3) is 3.25. The number of hydrogen-bond acceptors (Lipinski definition) is 7. The SMILES string of the molecule is COc1c(-c2nc3ccc(N4CCN(C)CC4)cc3[nH]2)cc(OC)c2c1nc(CO)n2C. The van der Waals surface area contributed by atoms with Crippen LogP contribution >= 0.6 is 0 Å². The van der Waals surface area contributed by atoms with Crippen molar-refractivity contribution in [3.05, 3.63) is 30.1 Å². The summed E-state index contributed by atoms with van der Waals surface area (Å²) in [4.78, 5) is 17.6. The Morgan fingerprint density at radius 2 is 1.81 bits per heavy atom. The van der Waals surface area contributed by atoms with Gasteiger partial charge >= 0.3 is 0 Å². The highest BCUT2D eigenvalue weighted by atomic mass is 16.5. The van der Waals surface area contributed by atoms with Crippen LogP contribution < -0.4 is 14.4 Å². The second-order valence-corrected chi connectivity index (χ2v) is 8.18. The number of H-pyrrole nitrogens is 1. The Balaban J connectivity index is 1.62. The molecule has 5 rings (SSSR count). The molecular weight excluding hydrogens is 408 g/mol. The first kappa shape index (κ1) is 20.6. The van der Waals surface area contributed by atoms with Crippen LogP contribution in [0.3, 0.4) is 0 Å². The maximum absolute atomic E-state index is 9.69. The molecule has 1 fully saturated rings. The molecule has 32 heavy (non-hydrogen) atoms. The van der Waals surface area contributed by atoms with Gasteiger partial charge in [0.05, 0.1) is 30.8 Å². The summed E-state index contributed by atoms with van der Waals surface area (Å²) in [7, 11) is 7.25. The van der Waals surface area contributed by atoms with Crippen molar-refractivity contribution in [2.75, 3.05) is 52.3 Å². The Labute approximate surface area is 186 Å². The molecule has 2 aromatic heterocycles. The van der Waals surface area contributed by atoms with Crippen LogP contribution in [0.15, 0.2) is 24.3 Å². The van der Waals surface area contributed by atoms with E-state index >= 15 is 0 Å². The summed E-state index contributed by atoms with van der Waals surface area (Å²) in [5, 5.41) is 9.69. The van der Waals surface area contributed by atoms with Gasteiger partial charge in [0, 0.05) is 38.9 Å². The van der Waals surface area contributed by atoms with E-state index in [0.29, 0.717) is 28.7 Å². The van der Waals surface area contributed by atoms with Crippen LogP contribution in [-0.4, -0.2) is 77.0 Å². The Morgan fingerprint density at radius 3 is 2.50 bits per heavy atom. The number of anilines is 1. The van der Waals surface area contributed by atoms with Gasteiger partial charge in [-0.15, -0.1) is 0 Å². The van der Waals surface area contributed by atoms with Crippen LogP contribution in [0.5, 0.6) is 11.5 Å². The highest BCUT2D eigenvalue weighted by Crippen LogP contribution is 2.41. The maximum atomic E-state index is 9.69.